The summed E-state index contributed by atoms with van der Waals surface area (Å²) in [4.78, 5) is 6.59. The summed E-state index contributed by atoms with van der Waals surface area (Å²) >= 11 is 0. The summed E-state index contributed by atoms with van der Waals surface area (Å²) in [5.74, 6) is 0.136. The number of aliphatic imine (C=N–C) groups is 1. The van der Waals surface area contributed by atoms with E-state index in [-0.39, 0.29) is 31.2 Å². The molecule has 0 unspecified atom stereocenters. The lowest BCUT2D eigenvalue weighted by atomic mass is 9.99. The molecule has 1 aliphatic rings. The van der Waals surface area contributed by atoms with E-state index in [1.807, 2.05) is 29.2 Å². The highest BCUT2D eigenvalue weighted by molar-refractivity contribution is 6.24. The van der Waals surface area contributed by atoms with Gasteiger partial charge >= 0.3 is 0 Å². The van der Waals surface area contributed by atoms with Crippen LogP contribution in [0.25, 0.3) is 0 Å². The minimum absolute atomic E-state index is 0.000422. The first-order valence-corrected chi connectivity index (χ1v) is 9.97. The number of aliphatic hydroxyl groups is 2. The number of nitrogens with two attached hydrogens (primary N) is 1. The molecule has 2 aromatic rings. The Hall–Kier alpha value is -3.46. The van der Waals surface area contributed by atoms with Gasteiger partial charge in [0.15, 0.2) is 0 Å². The quantitative estimate of drug-likeness (QED) is 0.343. The van der Waals surface area contributed by atoms with Crippen LogP contribution in [0.3, 0.4) is 0 Å². The zero-order chi connectivity index (χ0) is 22.2. The van der Waals surface area contributed by atoms with Gasteiger partial charge in [-0.25, -0.2) is 4.99 Å². The largest absolute Gasteiger partial charge is 0.508 e. The monoisotopic (exact) mass is 421 g/mol. The van der Waals surface area contributed by atoms with Gasteiger partial charge in [-0.3, -0.25) is 5.41 Å². The molecule has 0 saturated heterocycles. The van der Waals surface area contributed by atoms with E-state index in [2.05, 4.69) is 5.32 Å². The summed E-state index contributed by atoms with van der Waals surface area (Å²) in [6, 6.07) is 14.2. The molecule has 31 heavy (non-hydrogen) atoms. The summed E-state index contributed by atoms with van der Waals surface area (Å²) in [5.41, 5.74) is 10.4. The molecule has 8 heteroatoms. The van der Waals surface area contributed by atoms with Crippen LogP contribution < -0.4 is 16.0 Å². The van der Waals surface area contributed by atoms with Gasteiger partial charge in [-0.05, 0) is 54.1 Å². The smallest absolute Gasteiger partial charge is 0.117 e. The van der Waals surface area contributed by atoms with Gasteiger partial charge in [0.25, 0.3) is 0 Å². The number of benzene rings is 2. The van der Waals surface area contributed by atoms with E-state index in [4.69, 9.17) is 16.1 Å². The van der Waals surface area contributed by atoms with E-state index in [9.17, 15) is 15.3 Å². The van der Waals surface area contributed by atoms with Crippen LogP contribution in [0.15, 0.2) is 76.9 Å². The Kier molecular flexibility index (Phi) is 7.55. The number of allylic oxidation sites excluding steroid dienone is 2. The standard InChI is InChI=1S/C23H27N5O3/c24-15-16-12-21(25)23(27-18-2-1-3-20(31)13-18)14-22(16)26-17-4-6-19(7-5-17)28(8-10-29)9-11-30/h1-7,12-14,25,27,29-31H,8-11,15,24H2. The number of aliphatic hydroxyl groups excluding tert-OH is 2. The lowest BCUT2D eigenvalue weighted by molar-refractivity contribution is 0.281. The van der Waals surface area contributed by atoms with Gasteiger partial charge in [0.2, 0.25) is 0 Å². The Bertz CT molecular complexity index is 1010. The fourth-order valence-electron chi connectivity index (χ4n) is 3.23. The van der Waals surface area contributed by atoms with Crippen LogP contribution in [0, 0.1) is 5.41 Å². The van der Waals surface area contributed by atoms with Gasteiger partial charge < -0.3 is 31.3 Å². The number of aromatic hydroxyl groups is 1. The van der Waals surface area contributed by atoms with Crippen LogP contribution in [-0.2, 0) is 0 Å². The highest BCUT2D eigenvalue weighted by Crippen LogP contribution is 2.24. The number of hydrogen-bond donors (Lipinski definition) is 6. The number of anilines is 2. The highest BCUT2D eigenvalue weighted by atomic mass is 16.3. The molecule has 8 nitrogen and oxygen atoms in total. The maximum atomic E-state index is 9.67. The van der Waals surface area contributed by atoms with Crippen molar-refractivity contribution in [2.24, 2.45) is 10.7 Å². The average Bonchev–Trinajstić information content (AvgIpc) is 2.76. The van der Waals surface area contributed by atoms with Gasteiger partial charge in [-0.15, -0.1) is 0 Å². The van der Waals surface area contributed by atoms with Crippen LogP contribution in [0.4, 0.5) is 17.1 Å². The van der Waals surface area contributed by atoms with Crippen molar-refractivity contribution in [2.75, 3.05) is 43.1 Å². The van der Waals surface area contributed by atoms with E-state index in [1.54, 1.807) is 36.4 Å². The summed E-state index contributed by atoms with van der Waals surface area (Å²) in [6.07, 6.45) is 3.45. The van der Waals surface area contributed by atoms with E-state index in [1.165, 1.54) is 0 Å². The molecule has 0 fully saturated rings. The molecular weight excluding hydrogens is 394 g/mol. The summed E-state index contributed by atoms with van der Waals surface area (Å²) in [5, 5.41) is 39.5. The van der Waals surface area contributed by atoms with Crippen molar-refractivity contribution in [1.82, 2.24) is 0 Å². The first-order valence-electron chi connectivity index (χ1n) is 9.97. The molecule has 1 aliphatic carbocycles. The zero-order valence-corrected chi connectivity index (χ0v) is 17.1. The third-order valence-electron chi connectivity index (χ3n) is 4.77. The number of rotatable bonds is 9. The molecule has 3 rings (SSSR count). The fourth-order valence-corrected chi connectivity index (χ4v) is 3.23. The van der Waals surface area contributed by atoms with Crippen LogP contribution >= 0.6 is 0 Å². The van der Waals surface area contributed by atoms with Crippen molar-refractivity contribution in [1.29, 1.82) is 5.41 Å². The number of hydrogen-bond acceptors (Lipinski definition) is 8. The Morgan fingerprint density at radius 2 is 1.71 bits per heavy atom. The predicted molar refractivity (Wildman–Crippen MR) is 125 cm³/mol. The van der Waals surface area contributed by atoms with Gasteiger partial charge in [0.1, 0.15) is 5.75 Å². The molecule has 0 atom stereocenters. The summed E-state index contributed by atoms with van der Waals surface area (Å²) in [6.45, 7) is 1.11. The summed E-state index contributed by atoms with van der Waals surface area (Å²) < 4.78 is 0. The van der Waals surface area contributed by atoms with Gasteiger partial charge in [0.05, 0.1) is 36.0 Å². The molecule has 0 amide bonds. The van der Waals surface area contributed by atoms with Crippen molar-refractivity contribution in [3.63, 3.8) is 0 Å². The number of phenols is 1. The molecular formula is C23H27N5O3. The Balaban J connectivity index is 1.86. The van der Waals surface area contributed by atoms with Crippen molar-refractivity contribution in [3.05, 3.63) is 72.0 Å². The number of nitrogens with zero attached hydrogens (tertiary/aromatic N) is 2. The average molecular weight is 422 g/mol. The normalized spacial score (nSPS) is 14.9. The topological polar surface area (TPSA) is 138 Å². The number of phenolic OH excluding ortho intramolecular Hbond substituents is 1. The molecule has 0 spiro atoms. The highest BCUT2D eigenvalue weighted by Gasteiger charge is 2.16. The first-order chi connectivity index (χ1) is 15.0. The second kappa shape index (κ2) is 10.5. The molecule has 0 radical (unpaired) electrons. The molecule has 162 valence electrons. The zero-order valence-electron chi connectivity index (χ0n) is 17.1. The van der Waals surface area contributed by atoms with Gasteiger partial charge in [-0.2, -0.15) is 0 Å². The Labute approximate surface area is 181 Å². The molecule has 7 N–H and O–H groups in total. The molecule has 0 saturated carbocycles. The maximum Gasteiger partial charge on any atom is 0.117 e. The fraction of sp³-hybridized carbons (Fsp3) is 0.217. The third kappa shape index (κ3) is 5.79. The van der Waals surface area contributed by atoms with E-state index >= 15 is 0 Å². The van der Waals surface area contributed by atoms with Crippen molar-refractivity contribution in [2.45, 2.75) is 0 Å². The van der Waals surface area contributed by atoms with Crippen LogP contribution in [0.1, 0.15) is 0 Å². The first kappa shape index (κ1) is 22.2. The van der Waals surface area contributed by atoms with Gasteiger partial charge in [-0.1, -0.05) is 6.07 Å². The van der Waals surface area contributed by atoms with E-state index < -0.39 is 0 Å². The lowest BCUT2D eigenvalue weighted by Crippen LogP contribution is -2.29. The van der Waals surface area contributed by atoms with Crippen molar-refractivity contribution < 1.29 is 15.3 Å². The Morgan fingerprint density at radius 3 is 2.32 bits per heavy atom. The SMILES string of the molecule is N=C1C=C(CN)C(=Nc2ccc(N(CCO)CCO)cc2)C=C1Nc1cccc(O)c1. The second-order valence-electron chi connectivity index (χ2n) is 6.97. The molecule has 0 aliphatic heterocycles. The second-order valence-corrected chi connectivity index (χ2v) is 6.97. The minimum Gasteiger partial charge on any atom is -0.508 e. The lowest BCUT2D eigenvalue weighted by Gasteiger charge is -2.23. The van der Waals surface area contributed by atoms with E-state index in [0.29, 0.717) is 35.9 Å². The molecule has 2 aromatic carbocycles. The van der Waals surface area contributed by atoms with E-state index in [0.717, 1.165) is 11.3 Å². The summed E-state index contributed by atoms with van der Waals surface area (Å²) in [7, 11) is 0. The minimum atomic E-state index is 0.000422. The maximum absolute atomic E-state index is 9.67. The van der Waals surface area contributed by atoms with Crippen LogP contribution in [0.2, 0.25) is 0 Å². The number of nitrogens with one attached hydrogen (secondary N) is 2. The molecule has 0 heterocycles. The molecule has 0 bridgehead atoms. The molecule has 0 aromatic heterocycles. The van der Waals surface area contributed by atoms with Crippen molar-refractivity contribution in [3.8, 4) is 5.75 Å². The van der Waals surface area contributed by atoms with Crippen LogP contribution in [-0.4, -0.2) is 59.6 Å². The predicted octanol–water partition coefficient (Wildman–Crippen LogP) is 2.17. The Morgan fingerprint density at radius 1 is 1.00 bits per heavy atom. The van der Waals surface area contributed by atoms with Gasteiger partial charge in [0, 0.05) is 37.1 Å². The van der Waals surface area contributed by atoms with Crippen LogP contribution in [0.5, 0.6) is 5.75 Å². The van der Waals surface area contributed by atoms with Crippen molar-refractivity contribution >= 4 is 28.5 Å². The third-order valence-corrected chi connectivity index (χ3v) is 4.77.